The summed E-state index contributed by atoms with van der Waals surface area (Å²) in [6.45, 7) is 2.34. The molecule has 1 saturated heterocycles. The Morgan fingerprint density at radius 3 is 2.40 bits per heavy atom. The van der Waals surface area contributed by atoms with E-state index in [4.69, 9.17) is 19.3 Å². The number of alkyl halides is 1. The number of methoxy groups -OCH3 is 2. The highest BCUT2D eigenvalue weighted by molar-refractivity contribution is 9.09. The molecule has 2 saturated carbocycles. The van der Waals surface area contributed by atoms with Crippen molar-refractivity contribution < 1.29 is 19.0 Å². The molecule has 0 aromatic heterocycles. The Hall–Kier alpha value is -0.500. The molecule has 0 N–H and O–H groups in total. The monoisotopic (exact) mass is 484 g/mol. The third-order valence-electron chi connectivity index (χ3n) is 7.85. The Morgan fingerprint density at radius 1 is 1.03 bits per heavy atom. The molecule has 0 spiro atoms. The highest BCUT2D eigenvalue weighted by atomic mass is 79.9. The van der Waals surface area contributed by atoms with E-state index >= 15 is 0 Å². The van der Waals surface area contributed by atoms with Crippen molar-refractivity contribution in [3.63, 3.8) is 0 Å². The lowest BCUT2D eigenvalue weighted by Crippen LogP contribution is -2.44. The first-order chi connectivity index (χ1) is 14.5. The first-order valence-corrected chi connectivity index (χ1v) is 12.7. The van der Waals surface area contributed by atoms with E-state index < -0.39 is 0 Å². The molecule has 6 unspecified atom stereocenters. The summed E-state index contributed by atoms with van der Waals surface area (Å²) in [4.78, 5) is 13.4. The summed E-state index contributed by atoms with van der Waals surface area (Å²) in [5.41, 5.74) is 1.19. The number of amides is 1. The maximum atomic E-state index is 13.4. The standard InChI is InChI=1S/C23H37BrN2O4/c1-14-4-6-15(7-5-14)18-13-17(16-8-9-19(28-2)21(12-16)29-3)25-26(18)23(27)20-10-11-22(24)30-20/h14-16,18-22H,4-13H2,1-3H3. The van der Waals surface area contributed by atoms with Crippen molar-refractivity contribution in [2.45, 2.75) is 100 Å². The van der Waals surface area contributed by atoms with E-state index in [-0.39, 0.29) is 35.3 Å². The summed E-state index contributed by atoms with van der Waals surface area (Å²) in [7, 11) is 3.54. The highest BCUT2D eigenvalue weighted by Crippen LogP contribution is 2.40. The van der Waals surface area contributed by atoms with E-state index in [9.17, 15) is 4.79 Å². The molecule has 6 atom stereocenters. The summed E-state index contributed by atoms with van der Waals surface area (Å²) in [6.07, 6.45) is 10.3. The van der Waals surface area contributed by atoms with Crippen LogP contribution >= 0.6 is 15.9 Å². The molecule has 2 heterocycles. The van der Waals surface area contributed by atoms with E-state index in [0.717, 1.165) is 44.4 Å². The van der Waals surface area contributed by atoms with Crippen LogP contribution in [0.1, 0.15) is 71.1 Å². The minimum Gasteiger partial charge on any atom is -0.379 e. The Labute approximate surface area is 189 Å². The van der Waals surface area contributed by atoms with Gasteiger partial charge in [-0.2, -0.15) is 5.10 Å². The number of carbonyl (C=O) groups excluding carboxylic acids is 1. The first kappa shape index (κ1) is 22.7. The van der Waals surface area contributed by atoms with Crippen LogP contribution in [0.5, 0.6) is 0 Å². The average Bonchev–Trinajstić information content (AvgIpc) is 3.40. The molecule has 7 heteroatoms. The van der Waals surface area contributed by atoms with Crippen LogP contribution in [0.15, 0.2) is 5.10 Å². The predicted octanol–water partition coefficient (Wildman–Crippen LogP) is 4.50. The van der Waals surface area contributed by atoms with E-state index in [1.807, 2.05) is 5.01 Å². The lowest BCUT2D eigenvalue weighted by atomic mass is 9.76. The summed E-state index contributed by atoms with van der Waals surface area (Å²) in [5, 5.41) is 6.81. The molecule has 6 nitrogen and oxygen atoms in total. The van der Waals surface area contributed by atoms with Gasteiger partial charge >= 0.3 is 0 Å². The fourth-order valence-electron chi connectivity index (χ4n) is 5.90. The van der Waals surface area contributed by atoms with Gasteiger partial charge in [0.05, 0.1) is 18.2 Å². The van der Waals surface area contributed by atoms with Crippen LogP contribution < -0.4 is 0 Å². The number of hydrogen-bond acceptors (Lipinski definition) is 5. The summed E-state index contributed by atoms with van der Waals surface area (Å²) in [6, 6.07) is 0.194. The Kier molecular flexibility index (Phi) is 7.54. The van der Waals surface area contributed by atoms with E-state index in [2.05, 4.69) is 22.9 Å². The second kappa shape index (κ2) is 9.97. The van der Waals surface area contributed by atoms with E-state index in [1.165, 1.54) is 31.4 Å². The van der Waals surface area contributed by atoms with E-state index in [0.29, 0.717) is 11.8 Å². The molecular formula is C23H37BrN2O4. The molecule has 170 valence electrons. The maximum Gasteiger partial charge on any atom is 0.272 e. The zero-order valence-electron chi connectivity index (χ0n) is 18.6. The van der Waals surface area contributed by atoms with Crippen LogP contribution in [0.4, 0.5) is 0 Å². The van der Waals surface area contributed by atoms with E-state index in [1.54, 1.807) is 14.2 Å². The molecule has 2 aliphatic carbocycles. The number of ether oxygens (including phenoxy) is 3. The highest BCUT2D eigenvalue weighted by Gasteiger charge is 2.44. The van der Waals surface area contributed by atoms with Crippen LogP contribution in [-0.4, -0.2) is 60.2 Å². The Balaban J connectivity index is 1.50. The predicted molar refractivity (Wildman–Crippen MR) is 120 cm³/mol. The van der Waals surface area contributed by atoms with Gasteiger partial charge in [0.1, 0.15) is 11.1 Å². The van der Waals surface area contributed by atoms with Crippen molar-refractivity contribution >= 4 is 27.5 Å². The fourth-order valence-corrected chi connectivity index (χ4v) is 6.42. The molecule has 3 fully saturated rings. The van der Waals surface area contributed by atoms with Gasteiger partial charge in [-0.1, -0.05) is 35.7 Å². The van der Waals surface area contributed by atoms with Gasteiger partial charge in [0.2, 0.25) is 0 Å². The largest absolute Gasteiger partial charge is 0.379 e. The maximum absolute atomic E-state index is 13.4. The third kappa shape index (κ3) is 4.79. The zero-order valence-corrected chi connectivity index (χ0v) is 20.2. The molecule has 4 aliphatic rings. The number of halogens is 1. The summed E-state index contributed by atoms with van der Waals surface area (Å²) < 4.78 is 17.2. The van der Waals surface area contributed by atoms with Gasteiger partial charge in [-0.15, -0.1) is 0 Å². The summed E-state index contributed by atoms with van der Waals surface area (Å²) >= 11 is 3.50. The average molecular weight is 485 g/mol. The van der Waals surface area contributed by atoms with Crippen LogP contribution in [0.3, 0.4) is 0 Å². The van der Waals surface area contributed by atoms with Crippen LogP contribution in [0.25, 0.3) is 0 Å². The minimum atomic E-state index is -0.363. The lowest BCUT2D eigenvalue weighted by Gasteiger charge is -2.35. The molecule has 0 aromatic rings. The van der Waals surface area contributed by atoms with Gasteiger partial charge in [-0.3, -0.25) is 4.79 Å². The molecule has 2 aliphatic heterocycles. The molecule has 0 aromatic carbocycles. The number of carbonyl (C=O) groups is 1. The second-order valence-corrected chi connectivity index (χ2v) is 10.8. The minimum absolute atomic E-state index is 0.0155. The van der Waals surface area contributed by atoms with Crippen LogP contribution in [0, 0.1) is 17.8 Å². The zero-order chi connectivity index (χ0) is 21.3. The number of rotatable bonds is 5. The number of nitrogens with zero attached hydrogens (tertiary/aromatic N) is 2. The lowest BCUT2D eigenvalue weighted by molar-refractivity contribution is -0.144. The second-order valence-electron chi connectivity index (χ2n) is 9.74. The fraction of sp³-hybridized carbons (Fsp3) is 0.913. The molecule has 1 amide bonds. The smallest absolute Gasteiger partial charge is 0.272 e. The van der Waals surface area contributed by atoms with Crippen molar-refractivity contribution in [2.24, 2.45) is 22.9 Å². The third-order valence-corrected chi connectivity index (χ3v) is 8.52. The van der Waals surface area contributed by atoms with Gasteiger partial charge in [0, 0.05) is 32.3 Å². The molecule has 0 bridgehead atoms. The quantitative estimate of drug-likeness (QED) is 0.538. The Bertz CT molecular complexity index is 637. The summed E-state index contributed by atoms with van der Waals surface area (Å²) in [5.74, 6) is 1.77. The van der Waals surface area contributed by atoms with Crippen molar-refractivity contribution in [1.82, 2.24) is 5.01 Å². The van der Waals surface area contributed by atoms with Gasteiger partial charge in [0.25, 0.3) is 5.91 Å². The van der Waals surface area contributed by atoms with Gasteiger partial charge in [0.15, 0.2) is 0 Å². The normalized spacial score (nSPS) is 42.4. The Morgan fingerprint density at radius 2 is 1.77 bits per heavy atom. The molecule has 30 heavy (non-hydrogen) atoms. The number of hydrazone groups is 1. The first-order valence-electron chi connectivity index (χ1n) is 11.8. The topological polar surface area (TPSA) is 60.4 Å². The molecule has 0 radical (unpaired) electrons. The van der Waals surface area contributed by atoms with Crippen molar-refractivity contribution in [3.8, 4) is 0 Å². The van der Waals surface area contributed by atoms with Gasteiger partial charge in [-0.05, 0) is 56.8 Å². The van der Waals surface area contributed by atoms with Crippen molar-refractivity contribution in [1.29, 1.82) is 0 Å². The van der Waals surface area contributed by atoms with Crippen LogP contribution in [0.2, 0.25) is 0 Å². The number of hydrogen-bond donors (Lipinski definition) is 0. The van der Waals surface area contributed by atoms with Crippen molar-refractivity contribution in [3.05, 3.63) is 0 Å². The van der Waals surface area contributed by atoms with Gasteiger partial charge in [-0.25, -0.2) is 5.01 Å². The molecule has 4 rings (SSSR count). The van der Waals surface area contributed by atoms with Crippen molar-refractivity contribution in [2.75, 3.05) is 14.2 Å². The van der Waals surface area contributed by atoms with Gasteiger partial charge < -0.3 is 14.2 Å². The SMILES string of the molecule is COC1CCC(C2=NN(C(=O)C3CCC(Br)O3)C(C3CCC(C)CC3)C2)CC1OC. The molecular weight excluding hydrogens is 448 g/mol. The van der Waals surface area contributed by atoms with Crippen LogP contribution in [-0.2, 0) is 19.0 Å².